The fourth-order valence-corrected chi connectivity index (χ4v) is 24.0. The molecule has 14 atom stereocenters. The summed E-state index contributed by atoms with van der Waals surface area (Å²) in [5, 5.41) is 75.4. The highest BCUT2D eigenvalue weighted by Gasteiger charge is 2.65. The molecule has 28 nitrogen and oxygen atoms in total. The molecule has 30 heteroatoms. The Balaban J connectivity index is 0.000000178. The molecular weight excluding hydrogens is 1520 g/mol. The van der Waals surface area contributed by atoms with Gasteiger partial charge in [0.2, 0.25) is 13.6 Å². The lowest BCUT2D eigenvalue weighted by molar-refractivity contribution is -0.186. The van der Waals surface area contributed by atoms with Gasteiger partial charge in [-0.25, -0.2) is 9.59 Å². The highest BCUT2D eigenvalue weighted by Crippen LogP contribution is 2.68. The number of thioether (sulfide) groups is 2. The summed E-state index contributed by atoms with van der Waals surface area (Å²) < 4.78 is 72.9. The number of aryl methyl sites for hydroxylation is 2. The maximum absolute atomic E-state index is 14.8. The van der Waals surface area contributed by atoms with Crippen molar-refractivity contribution in [2.24, 2.45) is 0 Å². The minimum atomic E-state index is -1.36. The van der Waals surface area contributed by atoms with Crippen molar-refractivity contribution >= 4 is 47.4 Å². The average Bonchev–Trinajstić information content (AvgIpc) is 1.38. The number of benzene rings is 6. The lowest BCUT2D eigenvalue weighted by Gasteiger charge is -2.62. The Labute approximate surface area is 676 Å². The zero-order chi connectivity index (χ0) is 79.4. The van der Waals surface area contributed by atoms with E-state index in [1.165, 1.54) is 44.9 Å². The van der Waals surface area contributed by atoms with Crippen LogP contribution in [0.1, 0.15) is 178 Å². The normalized spacial score (nSPS) is 28.1. The number of hydrogen-bond donors (Lipinski definition) is 7. The number of phenols is 4. The second-order valence-corrected chi connectivity index (χ2v) is 33.5. The molecule has 6 aromatic rings. The molecule has 2 unspecified atom stereocenters. The molecule has 614 valence electrons. The fraction of sp³-hybridized carbons (Fsp3) is 0.518. The van der Waals surface area contributed by atoms with E-state index in [1.807, 2.05) is 72.7 Å². The van der Waals surface area contributed by atoms with Crippen molar-refractivity contribution in [2.75, 3.05) is 93.9 Å². The van der Waals surface area contributed by atoms with Gasteiger partial charge in [0.25, 0.3) is 0 Å². The van der Waals surface area contributed by atoms with Gasteiger partial charge in [-0.05, 0) is 149 Å². The van der Waals surface area contributed by atoms with Crippen LogP contribution in [-0.4, -0.2) is 199 Å². The molecular formula is C85H101N7O21S2. The van der Waals surface area contributed by atoms with Crippen LogP contribution in [0, 0.1) is 39.0 Å². The molecule has 4 saturated heterocycles. The van der Waals surface area contributed by atoms with E-state index in [9.17, 15) is 50.0 Å². The SMILES string of the molecule is C.C.CCCC(=O)Oc1c(C)c2c(c3c1[C@H]1SC[C@]4(NCCc5cc(O)c(OC)cc54)C(=O)OC[C@@H]3N3C1[C@H]1c4c(cc(C)c(OC)c4O)C[C@@H]([C@@H]3C#N)N1C)OCO2.CCCC(=O)Oc1c(C)c2c(c3c1[C@H]1SC[C@]4(NCCc5cc(O)c(OC)cc54)C(=O)OC[C@@H]3N3C1[C@H]1c4c(cc(C)c(OC)c4O)C[C@@H]([C@@H]3O)N1C)OCO2. The molecule has 0 amide bonds. The molecule has 7 N–H and O–H groups in total. The van der Waals surface area contributed by atoms with E-state index < -0.39 is 94.0 Å². The Morgan fingerprint density at radius 1 is 0.557 bits per heavy atom. The Morgan fingerprint density at radius 2 is 0.974 bits per heavy atom. The van der Waals surface area contributed by atoms with Crippen LogP contribution in [0.3, 0.4) is 0 Å². The number of nitriles is 1. The highest BCUT2D eigenvalue weighted by molar-refractivity contribution is 7.99. The van der Waals surface area contributed by atoms with Crippen LogP contribution >= 0.6 is 23.5 Å². The number of aromatic hydroxyl groups is 4. The maximum Gasteiger partial charge on any atom is 0.331 e. The van der Waals surface area contributed by atoms with E-state index in [2.05, 4.69) is 31.4 Å². The minimum Gasteiger partial charge on any atom is -0.504 e. The topological polar surface area (TPSA) is 341 Å². The molecule has 115 heavy (non-hydrogen) atoms. The van der Waals surface area contributed by atoms with Gasteiger partial charge in [0.05, 0.1) is 75.2 Å². The van der Waals surface area contributed by atoms with E-state index in [0.29, 0.717) is 153 Å². The van der Waals surface area contributed by atoms with E-state index >= 15 is 0 Å². The summed E-state index contributed by atoms with van der Waals surface area (Å²) >= 11 is 2.97. The summed E-state index contributed by atoms with van der Waals surface area (Å²) in [5.41, 5.74) is 8.90. The molecule has 0 aromatic heterocycles. The summed E-state index contributed by atoms with van der Waals surface area (Å²) in [7, 11) is 9.98. The molecule has 14 aliphatic heterocycles. The van der Waals surface area contributed by atoms with Gasteiger partial charge < -0.3 is 82.4 Å². The lowest BCUT2D eigenvalue weighted by atomic mass is 9.71. The number of piperazine rings is 2. The summed E-state index contributed by atoms with van der Waals surface area (Å²) in [5.74, 6) is 2.30. The monoisotopic (exact) mass is 1620 g/mol. The smallest absolute Gasteiger partial charge is 0.331 e. The fourth-order valence-electron chi connectivity index (χ4n) is 20.6. The van der Waals surface area contributed by atoms with E-state index in [1.54, 1.807) is 31.4 Å². The number of rotatable bonds is 10. The van der Waals surface area contributed by atoms with Crippen LogP contribution in [-0.2, 0) is 65.4 Å². The quantitative estimate of drug-likeness (QED) is 0.0495. The first-order chi connectivity index (χ1) is 54.4. The first-order valence-corrected chi connectivity index (χ1v) is 40.6. The number of nitrogens with one attached hydrogen (secondary N) is 2. The van der Waals surface area contributed by atoms with E-state index in [0.717, 1.165) is 33.4 Å². The van der Waals surface area contributed by atoms with Gasteiger partial charge in [-0.15, -0.1) is 23.5 Å². The van der Waals surface area contributed by atoms with Crippen LogP contribution in [0.15, 0.2) is 36.4 Å². The van der Waals surface area contributed by atoms with Crippen molar-refractivity contribution in [1.82, 2.24) is 30.2 Å². The number of phenolic OH excluding ortho intramolecular Hbond substituents is 4. The van der Waals surface area contributed by atoms with Gasteiger partial charge in [0.1, 0.15) is 37.0 Å². The van der Waals surface area contributed by atoms with Crippen molar-refractivity contribution in [1.29, 1.82) is 5.26 Å². The van der Waals surface area contributed by atoms with Gasteiger partial charge >= 0.3 is 23.9 Å². The number of likely N-dealkylation sites (N-methyl/N-ethyl adjacent to an activating group) is 2. The standard InChI is InChI=1S/C42H46N4O10S.C41H47N3O11S.2CH4/c1-7-8-29(48)56-37-20(3)38-39(55-18-54-38)31-26-16-53-41(50)42(23-14-28(51-5)27(47)13-21(23)9-10-44-42)17-57-40(32(31)37)34-33-30-22(11-19(2)36(52-6)35(30)49)12-24(45(33)4)25(15-43)46(26)34;1-7-8-27(46)55-35-19(3)36-37(54-17-53-36)29-24-15-52-40(49)41(22-14-26(50-5)25(45)13-20(22)9-10-42-41)16-56-38(30(29)35)32-31-28-21(11-18(2)34(51-6)33(28)47)12-23(43(31)4)39(48)44(24)32;;/h11,13-14,24-26,33-34,40,44,47,49H,7-10,12,16-18H2,1-6H3;11,13-14,23-24,31-32,38-39,42,45,47-48H,7-10,12,15-17H2,1-6H3;2*1H4/t24-,25-,26-,33+,34?,40+,42+;23-,24-,31+,32?,38+,39-,41+;;/m00../s1. The Bertz CT molecular complexity index is 5040. The van der Waals surface area contributed by atoms with E-state index in [-0.39, 0.29) is 113 Å². The first-order valence-electron chi connectivity index (χ1n) is 38.5. The van der Waals surface area contributed by atoms with Crippen molar-refractivity contribution in [3.8, 4) is 86.6 Å². The predicted molar refractivity (Wildman–Crippen MR) is 424 cm³/mol. The molecule has 14 aliphatic rings. The largest absolute Gasteiger partial charge is 0.504 e. The van der Waals surface area contributed by atoms with E-state index in [4.69, 9.17) is 56.8 Å². The number of hydrogen-bond acceptors (Lipinski definition) is 30. The molecule has 2 spiro atoms. The summed E-state index contributed by atoms with van der Waals surface area (Å²) in [6.07, 6.45) is 2.58. The molecule has 6 aromatic carbocycles. The average molecular weight is 1620 g/mol. The predicted octanol–water partition coefficient (Wildman–Crippen LogP) is 10.2. The van der Waals surface area contributed by atoms with Gasteiger partial charge in [0, 0.05) is 100 Å². The molecule has 0 saturated carbocycles. The molecule has 4 fully saturated rings. The minimum absolute atomic E-state index is 0. The van der Waals surface area contributed by atoms with Gasteiger partial charge in [-0.2, -0.15) is 5.26 Å². The number of aliphatic hydroxyl groups is 1. The zero-order valence-corrected chi connectivity index (χ0v) is 66.7. The molecule has 0 radical (unpaired) electrons. The number of nitrogens with zero attached hydrogens (tertiary/aromatic N) is 5. The Morgan fingerprint density at radius 3 is 1.40 bits per heavy atom. The summed E-state index contributed by atoms with van der Waals surface area (Å²) in [6, 6.07) is 8.46. The number of ether oxygens (including phenoxy) is 12. The maximum atomic E-state index is 14.8. The van der Waals surface area contributed by atoms with Crippen LogP contribution in [0.2, 0.25) is 0 Å². The number of carbonyl (C=O) groups is 4. The first kappa shape index (κ1) is 80.9. The molecule has 0 aliphatic carbocycles. The van der Waals surface area contributed by atoms with Gasteiger partial charge in [-0.3, -0.25) is 39.8 Å². The number of methoxy groups -OCH3 is 4. The van der Waals surface area contributed by atoms with Crippen molar-refractivity contribution < 1.29 is 102 Å². The zero-order valence-electron chi connectivity index (χ0n) is 65.0. The van der Waals surface area contributed by atoms with Crippen LogP contribution < -0.4 is 58.0 Å². The molecule has 8 bridgehead atoms. The van der Waals surface area contributed by atoms with Crippen molar-refractivity contribution in [3.63, 3.8) is 0 Å². The van der Waals surface area contributed by atoms with Crippen molar-refractivity contribution in [2.45, 2.75) is 190 Å². The second-order valence-electron chi connectivity index (χ2n) is 31.3. The second kappa shape index (κ2) is 30.6. The third-order valence-corrected chi connectivity index (χ3v) is 28.5. The van der Waals surface area contributed by atoms with Gasteiger partial charge in [-0.1, -0.05) is 40.8 Å². The third-order valence-electron chi connectivity index (χ3n) is 25.5. The molecule has 20 rings (SSSR count). The highest BCUT2D eigenvalue weighted by atomic mass is 32.2. The number of esters is 4. The third kappa shape index (κ3) is 12.1. The number of aliphatic hydroxyl groups excluding tert-OH is 1. The summed E-state index contributed by atoms with van der Waals surface area (Å²) in [6.45, 7) is 11.7. The van der Waals surface area contributed by atoms with Crippen molar-refractivity contribution in [3.05, 3.63) is 125 Å². The number of carbonyl (C=O) groups excluding carboxylic acids is 4. The lowest BCUT2D eigenvalue weighted by Crippen LogP contribution is -2.70. The Hall–Kier alpha value is -9.29. The number of fused-ring (bicyclic) bond motifs is 18. The van der Waals surface area contributed by atoms with Crippen LogP contribution in [0.25, 0.3) is 0 Å². The summed E-state index contributed by atoms with van der Waals surface area (Å²) in [4.78, 5) is 65.1. The molecule has 14 heterocycles. The van der Waals surface area contributed by atoms with Crippen LogP contribution in [0.5, 0.6) is 80.5 Å². The van der Waals surface area contributed by atoms with Gasteiger partial charge in [0.15, 0.2) is 80.1 Å². The van der Waals surface area contributed by atoms with Crippen LogP contribution in [0.4, 0.5) is 0 Å². The Kier molecular flexibility index (Phi) is 21.6.